The smallest absolute Gasteiger partial charge is 0.257 e. The van der Waals surface area contributed by atoms with Crippen LogP contribution in [0.15, 0.2) is 47.7 Å². The molecule has 0 bridgehead atoms. The average Bonchev–Trinajstić information content (AvgIpc) is 2.67. The molecule has 0 spiro atoms. The Morgan fingerprint density at radius 3 is 2.43 bits per heavy atom. The fraction of sp³-hybridized carbons (Fsp3) is 0.238. The minimum absolute atomic E-state index is 0.110. The van der Waals surface area contributed by atoms with Gasteiger partial charge in [-0.2, -0.15) is 0 Å². The van der Waals surface area contributed by atoms with E-state index in [1.54, 1.807) is 43.1 Å². The summed E-state index contributed by atoms with van der Waals surface area (Å²) in [5, 5.41) is 0. The highest BCUT2D eigenvalue weighted by Crippen LogP contribution is 2.22. The number of aryl methyl sites for hydroxylation is 2. The first-order chi connectivity index (χ1) is 13.4. The first-order valence-corrected chi connectivity index (χ1v) is 9.02. The third-order valence-corrected chi connectivity index (χ3v) is 5.08. The fourth-order valence-electron chi connectivity index (χ4n) is 3.57. The summed E-state index contributed by atoms with van der Waals surface area (Å²) >= 11 is 0. The van der Waals surface area contributed by atoms with E-state index in [0.29, 0.717) is 42.1 Å². The number of benzene rings is 1. The van der Waals surface area contributed by atoms with Crippen LogP contribution in [-0.4, -0.2) is 31.9 Å². The van der Waals surface area contributed by atoms with Gasteiger partial charge in [0.15, 0.2) is 0 Å². The van der Waals surface area contributed by atoms with Gasteiger partial charge in [0.1, 0.15) is 12.1 Å². The number of carbonyl (C=O) groups is 1. The normalized spacial score (nSPS) is 13.3. The number of carbonyl (C=O) groups excluding carboxylic acids is 1. The average molecular weight is 378 g/mol. The molecule has 3 aromatic rings. The predicted octanol–water partition coefficient (Wildman–Crippen LogP) is 2.58. The highest BCUT2D eigenvalue weighted by Gasteiger charge is 2.25. The van der Waals surface area contributed by atoms with Crippen molar-refractivity contribution in [1.29, 1.82) is 0 Å². The van der Waals surface area contributed by atoms with Crippen molar-refractivity contribution in [2.75, 3.05) is 6.54 Å². The van der Waals surface area contributed by atoms with Gasteiger partial charge >= 0.3 is 0 Å². The minimum Gasteiger partial charge on any atom is -0.334 e. The van der Waals surface area contributed by atoms with Crippen LogP contribution in [-0.2, 0) is 13.0 Å². The lowest BCUT2D eigenvalue weighted by Crippen LogP contribution is -2.38. The van der Waals surface area contributed by atoms with Crippen molar-refractivity contribution >= 4 is 5.91 Å². The Hall–Kier alpha value is -3.35. The summed E-state index contributed by atoms with van der Waals surface area (Å²) in [4.78, 5) is 35.5. The molecule has 0 N–H and O–H groups in total. The SMILES string of the molecule is Cc1ncnc(C)c1C(=O)N1CCc2cc(=O)n(-c3ccc(F)cc3)cc2C1. The molecular formula is C21H19FN4O2. The number of hydrogen-bond acceptors (Lipinski definition) is 4. The molecular weight excluding hydrogens is 359 g/mol. The molecule has 28 heavy (non-hydrogen) atoms. The van der Waals surface area contributed by atoms with Crippen LogP contribution < -0.4 is 5.56 Å². The number of rotatable bonds is 2. The summed E-state index contributed by atoms with van der Waals surface area (Å²) in [6, 6.07) is 7.35. The molecule has 0 unspecified atom stereocenters. The zero-order valence-electron chi connectivity index (χ0n) is 15.6. The Kier molecular flexibility index (Phi) is 4.50. The molecule has 0 radical (unpaired) electrons. The van der Waals surface area contributed by atoms with Gasteiger partial charge in [-0.1, -0.05) is 0 Å². The highest BCUT2D eigenvalue weighted by atomic mass is 19.1. The van der Waals surface area contributed by atoms with E-state index < -0.39 is 0 Å². The van der Waals surface area contributed by atoms with Crippen LogP contribution in [0, 0.1) is 19.7 Å². The summed E-state index contributed by atoms with van der Waals surface area (Å²) in [5.41, 5.74) is 4.08. The monoisotopic (exact) mass is 378 g/mol. The van der Waals surface area contributed by atoms with Crippen LogP contribution in [0.5, 0.6) is 0 Å². The topological polar surface area (TPSA) is 68.1 Å². The second-order valence-electron chi connectivity index (χ2n) is 6.90. The van der Waals surface area contributed by atoms with Crippen LogP contribution in [0.4, 0.5) is 4.39 Å². The maximum Gasteiger partial charge on any atom is 0.257 e. The number of halogens is 1. The first-order valence-electron chi connectivity index (χ1n) is 9.02. The predicted molar refractivity (Wildman–Crippen MR) is 102 cm³/mol. The van der Waals surface area contributed by atoms with Gasteiger partial charge in [0.2, 0.25) is 0 Å². The molecule has 6 nitrogen and oxygen atoms in total. The van der Waals surface area contributed by atoms with Gasteiger partial charge in [-0.25, -0.2) is 14.4 Å². The van der Waals surface area contributed by atoms with Crippen molar-refractivity contribution in [3.05, 3.63) is 87.1 Å². The van der Waals surface area contributed by atoms with Gasteiger partial charge in [0.25, 0.3) is 11.5 Å². The van der Waals surface area contributed by atoms with Crippen molar-refractivity contribution in [1.82, 2.24) is 19.4 Å². The van der Waals surface area contributed by atoms with Gasteiger partial charge in [-0.05, 0) is 55.7 Å². The van der Waals surface area contributed by atoms with Crippen LogP contribution >= 0.6 is 0 Å². The van der Waals surface area contributed by atoms with E-state index >= 15 is 0 Å². The number of aromatic nitrogens is 3. The summed E-state index contributed by atoms with van der Waals surface area (Å²) in [6.45, 7) is 4.51. The lowest BCUT2D eigenvalue weighted by atomic mass is 10.0. The molecule has 1 amide bonds. The minimum atomic E-state index is -0.359. The molecule has 142 valence electrons. The van der Waals surface area contributed by atoms with Crippen LogP contribution in [0.2, 0.25) is 0 Å². The molecule has 0 atom stereocenters. The quantitative estimate of drug-likeness (QED) is 0.687. The van der Waals surface area contributed by atoms with Crippen molar-refractivity contribution in [2.45, 2.75) is 26.8 Å². The van der Waals surface area contributed by atoms with E-state index in [0.717, 1.165) is 11.1 Å². The maximum atomic E-state index is 13.2. The molecule has 3 heterocycles. The zero-order valence-corrected chi connectivity index (χ0v) is 15.6. The summed E-state index contributed by atoms with van der Waals surface area (Å²) < 4.78 is 14.7. The Labute approximate surface area is 161 Å². The lowest BCUT2D eigenvalue weighted by Gasteiger charge is -2.30. The largest absolute Gasteiger partial charge is 0.334 e. The van der Waals surface area contributed by atoms with E-state index in [4.69, 9.17) is 0 Å². The molecule has 1 aliphatic rings. The number of fused-ring (bicyclic) bond motifs is 1. The zero-order chi connectivity index (χ0) is 19.8. The lowest BCUT2D eigenvalue weighted by molar-refractivity contribution is 0.0731. The van der Waals surface area contributed by atoms with Crippen molar-refractivity contribution < 1.29 is 9.18 Å². The summed E-state index contributed by atoms with van der Waals surface area (Å²) in [5.74, 6) is -0.469. The van der Waals surface area contributed by atoms with E-state index in [9.17, 15) is 14.0 Å². The fourth-order valence-corrected chi connectivity index (χ4v) is 3.57. The molecule has 7 heteroatoms. The Balaban J connectivity index is 1.68. The molecule has 0 fully saturated rings. The van der Waals surface area contributed by atoms with Crippen LogP contribution in [0.3, 0.4) is 0 Å². The number of hydrogen-bond donors (Lipinski definition) is 0. The maximum absolute atomic E-state index is 13.2. The van der Waals surface area contributed by atoms with Crippen molar-refractivity contribution in [2.24, 2.45) is 0 Å². The second kappa shape index (κ2) is 6.99. The van der Waals surface area contributed by atoms with Gasteiger partial charge < -0.3 is 4.90 Å². The molecule has 1 aliphatic heterocycles. The van der Waals surface area contributed by atoms with Crippen LogP contribution in [0.1, 0.15) is 32.9 Å². The summed E-state index contributed by atoms with van der Waals surface area (Å²) in [6.07, 6.45) is 3.80. The molecule has 0 saturated carbocycles. The van der Waals surface area contributed by atoms with E-state index in [1.807, 2.05) is 0 Å². The third-order valence-electron chi connectivity index (χ3n) is 5.08. The van der Waals surface area contributed by atoms with Crippen molar-refractivity contribution in [3.63, 3.8) is 0 Å². The van der Waals surface area contributed by atoms with E-state index in [1.165, 1.54) is 23.0 Å². The number of nitrogens with zero attached hydrogens (tertiary/aromatic N) is 4. The molecule has 4 rings (SSSR count). The van der Waals surface area contributed by atoms with Crippen LogP contribution in [0.25, 0.3) is 5.69 Å². The Morgan fingerprint density at radius 2 is 1.75 bits per heavy atom. The van der Waals surface area contributed by atoms with E-state index in [-0.39, 0.29) is 17.3 Å². The van der Waals surface area contributed by atoms with Gasteiger partial charge in [0, 0.05) is 31.0 Å². The van der Waals surface area contributed by atoms with Gasteiger partial charge in [0.05, 0.1) is 17.0 Å². The third kappa shape index (κ3) is 3.19. The summed E-state index contributed by atoms with van der Waals surface area (Å²) in [7, 11) is 0. The standard InChI is InChI=1S/C21H19FN4O2/c1-13-20(14(2)24-12-23-13)21(28)25-8-7-15-9-19(27)26(11-16(15)10-25)18-5-3-17(22)4-6-18/h3-6,9,11-12H,7-8,10H2,1-2H3. The molecule has 2 aromatic heterocycles. The number of amides is 1. The highest BCUT2D eigenvalue weighted by molar-refractivity contribution is 5.96. The van der Waals surface area contributed by atoms with Crippen molar-refractivity contribution in [3.8, 4) is 5.69 Å². The number of pyridine rings is 1. The first kappa shape index (κ1) is 18.0. The van der Waals surface area contributed by atoms with Gasteiger partial charge in [-0.15, -0.1) is 0 Å². The molecule has 1 aromatic carbocycles. The Bertz CT molecular complexity index is 1100. The van der Waals surface area contributed by atoms with E-state index in [2.05, 4.69) is 9.97 Å². The Morgan fingerprint density at radius 1 is 1.07 bits per heavy atom. The second-order valence-corrected chi connectivity index (χ2v) is 6.90. The van der Waals surface area contributed by atoms with Gasteiger partial charge in [-0.3, -0.25) is 14.2 Å². The molecule has 0 aliphatic carbocycles. The molecule has 0 saturated heterocycles.